The van der Waals surface area contributed by atoms with Crippen molar-refractivity contribution in [1.29, 1.82) is 0 Å². The van der Waals surface area contributed by atoms with E-state index in [0.29, 0.717) is 5.47 Å². The van der Waals surface area contributed by atoms with Crippen molar-refractivity contribution in [2.75, 3.05) is 0 Å². The molecule has 0 bridgehead atoms. The van der Waals surface area contributed by atoms with Gasteiger partial charge in [0, 0.05) is 0 Å². The van der Waals surface area contributed by atoms with E-state index in [-0.39, 0.29) is 0 Å². The summed E-state index contributed by atoms with van der Waals surface area (Å²) in [6, 6.07) is 0. The van der Waals surface area contributed by atoms with Gasteiger partial charge in [0.2, 0.25) is 0 Å². The molecule has 0 saturated heterocycles. The predicted octanol–water partition coefficient (Wildman–Crippen LogP) is 1.39. The van der Waals surface area contributed by atoms with Gasteiger partial charge in [-0.2, -0.15) is 0 Å². The molecule has 0 atom stereocenters. The van der Waals surface area contributed by atoms with Crippen LogP contribution in [-0.4, -0.2) is 17.2 Å². The molecule has 3 heteroatoms. The minimum Gasteiger partial charge on any atom is -0.423 e. The van der Waals surface area contributed by atoms with E-state index in [4.69, 9.17) is 10.0 Å². The van der Waals surface area contributed by atoms with Crippen LogP contribution in [0, 0.1) is 0 Å². The molecule has 0 saturated carbocycles. The fourth-order valence-electron chi connectivity index (χ4n) is 1.06. The van der Waals surface area contributed by atoms with Gasteiger partial charge in [0.1, 0.15) is 0 Å². The van der Waals surface area contributed by atoms with Crippen molar-refractivity contribution in [3.63, 3.8) is 0 Å². The molecule has 0 heterocycles. The molecule has 0 aromatic rings. The highest BCUT2D eigenvalue weighted by Crippen LogP contribution is 2.04. The van der Waals surface area contributed by atoms with Gasteiger partial charge < -0.3 is 10.0 Å². The normalized spacial score (nSPS) is 28.3. The minimum atomic E-state index is -1.37. The molecular formula is C10H13BO2. The fraction of sp³-hybridized carbons (Fsp3) is 0.200. The standard InChI is InChI=1S/C10H13BO2/c12-11(13)10-8-6-4-2-1-3-5-7-9-10/h1-4,7-9,12-13H,5-6H2/b3-1-,4-2-,9-7-,10-8+. The van der Waals surface area contributed by atoms with Gasteiger partial charge in [-0.1, -0.05) is 42.5 Å². The lowest BCUT2D eigenvalue weighted by Gasteiger charge is -1.99. The Labute approximate surface area is 78.7 Å². The molecular weight excluding hydrogens is 163 g/mol. The Kier molecular flexibility index (Phi) is 4.29. The Morgan fingerprint density at radius 3 is 2.38 bits per heavy atom. The molecule has 0 radical (unpaired) electrons. The van der Waals surface area contributed by atoms with Crippen LogP contribution in [0.5, 0.6) is 0 Å². The van der Waals surface area contributed by atoms with Crippen LogP contribution in [0.25, 0.3) is 0 Å². The van der Waals surface area contributed by atoms with Crippen molar-refractivity contribution in [3.05, 3.63) is 48.0 Å². The molecule has 2 N–H and O–H groups in total. The Hall–Kier alpha value is -1.06. The van der Waals surface area contributed by atoms with Crippen molar-refractivity contribution < 1.29 is 10.0 Å². The Morgan fingerprint density at radius 1 is 1.00 bits per heavy atom. The zero-order valence-electron chi connectivity index (χ0n) is 7.43. The second kappa shape index (κ2) is 5.57. The highest BCUT2D eigenvalue weighted by molar-refractivity contribution is 6.51. The molecule has 0 fully saturated rings. The lowest BCUT2D eigenvalue weighted by molar-refractivity contribution is 0.420. The van der Waals surface area contributed by atoms with Gasteiger partial charge in [-0.3, -0.25) is 0 Å². The summed E-state index contributed by atoms with van der Waals surface area (Å²) in [6.07, 6.45) is 14.9. The minimum absolute atomic E-state index is 0.556. The lowest BCUT2D eigenvalue weighted by atomic mass is 9.78. The maximum absolute atomic E-state index is 8.95. The highest BCUT2D eigenvalue weighted by Gasteiger charge is 2.10. The van der Waals surface area contributed by atoms with Crippen LogP contribution < -0.4 is 0 Å². The van der Waals surface area contributed by atoms with Gasteiger partial charge in [-0.05, 0) is 18.3 Å². The van der Waals surface area contributed by atoms with Crippen molar-refractivity contribution in [2.24, 2.45) is 0 Å². The summed E-state index contributed by atoms with van der Waals surface area (Å²) < 4.78 is 0. The van der Waals surface area contributed by atoms with Gasteiger partial charge in [0.05, 0.1) is 0 Å². The fourth-order valence-corrected chi connectivity index (χ4v) is 1.06. The highest BCUT2D eigenvalue weighted by atomic mass is 16.4. The average molecular weight is 176 g/mol. The van der Waals surface area contributed by atoms with E-state index in [9.17, 15) is 0 Å². The molecule has 2 nitrogen and oxygen atoms in total. The van der Waals surface area contributed by atoms with Crippen LogP contribution in [0.3, 0.4) is 0 Å². The van der Waals surface area contributed by atoms with Gasteiger partial charge in [0.15, 0.2) is 0 Å². The summed E-state index contributed by atoms with van der Waals surface area (Å²) in [5.41, 5.74) is 0.556. The maximum atomic E-state index is 8.95. The molecule has 0 aromatic carbocycles. The SMILES string of the molecule is OB(O)C1=C/C/C=C\C=C/C/C=C\1. The van der Waals surface area contributed by atoms with E-state index >= 15 is 0 Å². The van der Waals surface area contributed by atoms with Crippen LogP contribution in [0.1, 0.15) is 12.8 Å². The summed E-state index contributed by atoms with van der Waals surface area (Å²) in [5.74, 6) is 0. The Morgan fingerprint density at radius 2 is 1.69 bits per heavy atom. The smallest absolute Gasteiger partial charge is 0.423 e. The maximum Gasteiger partial charge on any atom is 0.488 e. The van der Waals surface area contributed by atoms with E-state index < -0.39 is 7.12 Å². The lowest BCUT2D eigenvalue weighted by Crippen LogP contribution is -2.13. The molecule has 0 aliphatic heterocycles. The first-order valence-electron chi connectivity index (χ1n) is 4.35. The molecule has 0 amide bonds. The van der Waals surface area contributed by atoms with Crippen molar-refractivity contribution in [2.45, 2.75) is 12.8 Å². The van der Waals surface area contributed by atoms with E-state index in [0.717, 1.165) is 12.8 Å². The third kappa shape index (κ3) is 3.92. The van der Waals surface area contributed by atoms with Crippen LogP contribution >= 0.6 is 0 Å². The van der Waals surface area contributed by atoms with E-state index in [1.165, 1.54) is 0 Å². The van der Waals surface area contributed by atoms with Crippen molar-refractivity contribution in [3.8, 4) is 0 Å². The van der Waals surface area contributed by atoms with Crippen molar-refractivity contribution in [1.82, 2.24) is 0 Å². The molecule has 68 valence electrons. The van der Waals surface area contributed by atoms with Crippen LogP contribution in [-0.2, 0) is 0 Å². The summed E-state index contributed by atoms with van der Waals surface area (Å²) >= 11 is 0. The number of hydrogen-bond donors (Lipinski definition) is 2. The van der Waals surface area contributed by atoms with E-state index in [2.05, 4.69) is 0 Å². The molecule has 0 aromatic heterocycles. The third-order valence-electron chi connectivity index (χ3n) is 1.75. The van der Waals surface area contributed by atoms with Crippen LogP contribution in [0.15, 0.2) is 48.0 Å². The molecule has 1 aliphatic carbocycles. The van der Waals surface area contributed by atoms with Crippen LogP contribution in [0.4, 0.5) is 0 Å². The molecule has 13 heavy (non-hydrogen) atoms. The van der Waals surface area contributed by atoms with Gasteiger partial charge in [0.25, 0.3) is 0 Å². The molecule has 1 aliphatic rings. The Balaban J connectivity index is 2.71. The third-order valence-corrected chi connectivity index (χ3v) is 1.75. The largest absolute Gasteiger partial charge is 0.488 e. The van der Waals surface area contributed by atoms with E-state index in [1.807, 2.05) is 30.4 Å². The molecule has 1 rings (SSSR count). The average Bonchev–Trinajstić information content (AvgIpc) is 2.14. The topological polar surface area (TPSA) is 40.5 Å². The number of hydrogen-bond acceptors (Lipinski definition) is 2. The zero-order chi connectivity index (χ0) is 9.52. The van der Waals surface area contributed by atoms with Gasteiger partial charge in [-0.25, -0.2) is 0 Å². The first-order chi connectivity index (χ1) is 6.30. The monoisotopic (exact) mass is 176 g/mol. The number of rotatable bonds is 1. The van der Waals surface area contributed by atoms with E-state index in [1.54, 1.807) is 12.2 Å². The summed E-state index contributed by atoms with van der Waals surface area (Å²) in [6.45, 7) is 0. The first-order valence-corrected chi connectivity index (χ1v) is 4.35. The molecule has 0 spiro atoms. The van der Waals surface area contributed by atoms with Crippen molar-refractivity contribution >= 4 is 7.12 Å². The second-order valence-electron chi connectivity index (χ2n) is 2.81. The second-order valence-corrected chi connectivity index (χ2v) is 2.81. The number of allylic oxidation sites excluding steroid dienone is 8. The molecule has 0 unspecified atom stereocenters. The van der Waals surface area contributed by atoms with Gasteiger partial charge in [-0.15, -0.1) is 0 Å². The Bertz CT molecular complexity index is 262. The first kappa shape index (κ1) is 10.0. The van der Waals surface area contributed by atoms with Crippen LogP contribution in [0.2, 0.25) is 0 Å². The summed E-state index contributed by atoms with van der Waals surface area (Å²) in [7, 11) is -1.37. The summed E-state index contributed by atoms with van der Waals surface area (Å²) in [4.78, 5) is 0. The predicted molar refractivity (Wildman–Crippen MR) is 54.9 cm³/mol. The summed E-state index contributed by atoms with van der Waals surface area (Å²) in [5, 5.41) is 17.9. The van der Waals surface area contributed by atoms with Gasteiger partial charge >= 0.3 is 7.12 Å². The zero-order valence-corrected chi connectivity index (χ0v) is 7.43. The quantitative estimate of drug-likeness (QED) is 0.592.